The molecule has 5 nitrogen and oxygen atoms in total. The number of halogens is 3. The molecule has 3 N–H and O–H groups in total. The van der Waals surface area contributed by atoms with E-state index in [0.29, 0.717) is 25.7 Å². The van der Waals surface area contributed by atoms with Gasteiger partial charge in [0, 0.05) is 6.54 Å². The zero-order chi connectivity index (χ0) is 13.8. The molecule has 0 heterocycles. The van der Waals surface area contributed by atoms with E-state index in [-0.39, 0.29) is 18.6 Å². The quantitative estimate of drug-likeness (QED) is 0.691. The highest BCUT2D eigenvalue weighted by Crippen LogP contribution is 2.23. The third kappa shape index (κ3) is 6.53. The van der Waals surface area contributed by atoms with E-state index in [1.165, 1.54) is 4.72 Å². The van der Waals surface area contributed by atoms with Gasteiger partial charge < -0.3 is 5.11 Å². The molecule has 0 aromatic heterocycles. The Morgan fingerprint density at radius 1 is 1.11 bits per heavy atom. The predicted octanol–water partition coefficient (Wildman–Crippen LogP) is 0.524. The van der Waals surface area contributed by atoms with Crippen LogP contribution in [0.2, 0.25) is 0 Å². The maximum Gasteiger partial charge on any atom is 0.402 e. The fourth-order valence-electron chi connectivity index (χ4n) is 1.80. The number of aliphatic hydroxyl groups is 1. The molecule has 108 valence electrons. The molecule has 0 aliphatic heterocycles. The van der Waals surface area contributed by atoms with Crippen molar-refractivity contribution in [1.29, 1.82) is 0 Å². The average Bonchev–Trinajstić information content (AvgIpc) is 2.25. The molecular formula is C9H17F3N2O3S. The Bertz CT molecular complexity index is 351. The number of nitrogens with one attached hydrogen (secondary N) is 2. The van der Waals surface area contributed by atoms with Gasteiger partial charge in [0.25, 0.3) is 10.2 Å². The molecule has 0 amide bonds. The topological polar surface area (TPSA) is 78.4 Å². The van der Waals surface area contributed by atoms with Gasteiger partial charge in [-0.2, -0.15) is 26.3 Å². The number of rotatable bonds is 5. The van der Waals surface area contributed by atoms with Gasteiger partial charge in [0.1, 0.15) is 6.54 Å². The number of aliphatic hydroxyl groups excluding tert-OH is 1. The standard InChI is InChI=1S/C9H17F3N2O3S/c10-9(11,12)6-14-18(16,17)13-5-7-1-3-8(15)4-2-7/h7-8,13-15H,1-6H2. The van der Waals surface area contributed by atoms with Gasteiger partial charge in [0.05, 0.1) is 6.10 Å². The van der Waals surface area contributed by atoms with E-state index in [2.05, 4.69) is 4.72 Å². The van der Waals surface area contributed by atoms with Gasteiger partial charge in [-0.3, -0.25) is 0 Å². The molecule has 1 rings (SSSR count). The SMILES string of the molecule is O=S(=O)(NCC1CCC(O)CC1)NCC(F)(F)F. The normalized spacial score (nSPS) is 26.2. The lowest BCUT2D eigenvalue weighted by atomic mass is 9.88. The van der Waals surface area contributed by atoms with Crippen LogP contribution in [0.25, 0.3) is 0 Å². The minimum atomic E-state index is -4.57. The van der Waals surface area contributed by atoms with E-state index in [9.17, 15) is 26.7 Å². The lowest BCUT2D eigenvalue weighted by Gasteiger charge is -2.25. The maximum atomic E-state index is 11.8. The van der Waals surface area contributed by atoms with E-state index in [0.717, 1.165) is 0 Å². The second-order valence-electron chi connectivity index (χ2n) is 4.46. The van der Waals surface area contributed by atoms with Gasteiger partial charge in [-0.25, -0.2) is 4.72 Å². The highest BCUT2D eigenvalue weighted by atomic mass is 32.2. The van der Waals surface area contributed by atoms with Gasteiger partial charge in [-0.1, -0.05) is 0 Å². The van der Waals surface area contributed by atoms with Crippen LogP contribution in [-0.4, -0.2) is 38.9 Å². The van der Waals surface area contributed by atoms with E-state index >= 15 is 0 Å². The van der Waals surface area contributed by atoms with Crippen LogP contribution in [0.15, 0.2) is 0 Å². The van der Waals surface area contributed by atoms with Gasteiger partial charge in [0.15, 0.2) is 0 Å². The molecule has 0 bridgehead atoms. The summed E-state index contributed by atoms with van der Waals surface area (Å²) in [6.07, 6.45) is -2.37. The molecular weight excluding hydrogens is 273 g/mol. The summed E-state index contributed by atoms with van der Waals surface area (Å²) < 4.78 is 61.5. The first-order valence-corrected chi connectivity index (χ1v) is 7.15. The van der Waals surface area contributed by atoms with Crippen molar-refractivity contribution in [2.45, 2.75) is 38.0 Å². The molecule has 0 aromatic rings. The molecule has 1 fully saturated rings. The minimum Gasteiger partial charge on any atom is -0.393 e. The van der Waals surface area contributed by atoms with Crippen LogP contribution in [0.4, 0.5) is 13.2 Å². The summed E-state index contributed by atoms with van der Waals surface area (Å²) in [6, 6.07) is 0. The van der Waals surface area contributed by atoms with Crippen LogP contribution in [0.5, 0.6) is 0 Å². The van der Waals surface area contributed by atoms with E-state index in [1.807, 2.05) is 0 Å². The number of alkyl halides is 3. The smallest absolute Gasteiger partial charge is 0.393 e. The Labute approximate surface area is 104 Å². The molecule has 1 aliphatic rings. The summed E-state index contributed by atoms with van der Waals surface area (Å²) in [7, 11) is -4.11. The molecule has 9 heteroatoms. The highest BCUT2D eigenvalue weighted by Gasteiger charge is 2.29. The summed E-state index contributed by atoms with van der Waals surface area (Å²) in [6.45, 7) is -1.48. The minimum absolute atomic E-state index is 0.0656. The molecule has 0 spiro atoms. The van der Waals surface area contributed by atoms with E-state index in [1.54, 1.807) is 0 Å². The number of hydrogen-bond donors (Lipinski definition) is 3. The molecule has 18 heavy (non-hydrogen) atoms. The maximum absolute atomic E-state index is 11.8. The molecule has 0 saturated heterocycles. The van der Waals surface area contributed by atoms with E-state index in [4.69, 9.17) is 0 Å². The van der Waals surface area contributed by atoms with Crippen LogP contribution >= 0.6 is 0 Å². The van der Waals surface area contributed by atoms with Crippen LogP contribution < -0.4 is 9.44 Å². The number of hydrogen-bond acceptors (Lipinski definition) is 3. The first kappa shape index (κ1) is 15.7. The molecule has 1 aliphatic carbocycles. The monoisotopic (exact) mass is 290 g/mol. The van der Waals surface area contributed by atoms with Crippen molar-refractivity contribution in [2.24, 2.45) is 5.92 Å². The van der Waals surface area contributed by atoms with Crippen LogP contribution in [-0.2, 0) is 10.2 Å². The van der Waals surface area contributed by atoms with Crippen molar-refractivity contribution in [3.8, 4) is 0 Å². The summed E-state index contributed by atoms with van der Waals surface area (Å²) >= 11 is 0. The van der Waals surface area contributed by atoms with Crippen molar-refractivity contribution >= 4 is 10.2 Å². The predicted molar refractivity (Wildman–Crippen MR) is 58.9 cm³/mol. The first-order chi connectivity index (χ1) is 8.18. The van der Waals surface area contributed by atoms with Crippen LogP contribution in [0, 0.1) is 5.92 Å². The molecule has 0 atom stereocenters. The average molecular weight is 290 g/mol. The second-order valence-corrected chi connectivity index (χ2v) is 6.05. The van der Waals surface area contributed by atoms with Gasteiger partial charge in [-0.15, -0.1) is 0 Å². The van der Waals surface area contributed by atoms with Crippen molar-refractivity contribution in [1.82, 2.24) is 9.44 Å². The Morgan fingerprint density at radius 2 is 1.67 bits per heavy atom. The Balaban J connectivity index is 2.29. The lowest BCUT2D eigenvalue weighted by molar-refractivity contribution is -0.121. The third-order valence-corrected chi connectivity index (χ3v) is 3.91. The second kappa shape index (κ2) is 6.18. The summed E-state index contributed by atoms with van der Waals surface area (Å²) in [5.74, 6) is 0.0656. The summed E-state index contributed by atoms with van der Waals surface area (Å²) in [4.78, 5) is 0. The zero-order valence-corrected chi connectivity index (χ0v) is 10.5. The Hall–Kier alpha value is -0.380. The van der Waals surface area contributed by atoms with Crippen molar-refractivity contribution in [3.63, 3.8) is 0 Å². The van der Waals surface area contributed by atoms with E-state index < -0.39 is 22.9 Å². The van der Waals surface area contributed by atoms with Crippen LogP contribution in [0.3, 0.4) is 0 Å². The third-order valence-electron chi connectivity index (χ3n) is 2.84. The highest BCUT2D eigenvalue weighted by molar-refractivity contribution is 7.87. The van der Waals surface area contributed by atoms with Crippen LogP contribution in [0.1, 0.15) is 25.7 Å². The Morgan fingerprint density at radius 3 is 2.17 bits per heavy atom. The van der Waals surface area contributed by atoms with Crippen molar-refractivity contribution in [2.75, 3.05) is 13.1 Å². The largest absolute Gasteiger partial charge is 0.402 e. The fraction of sp³-hybridized carbons (Fsp3) is 1.00. The molecule has 1 saturated carbocycles. The molecule has 0 aromatic carbocycles. The molecule has 0 radical (unpaired) electrons. The zero-order valence-electron chi connectivity index (χ0n) is 9.70. The summed E-state index contributed by atoms with van der Waals surface area (Å²) in [5.41, 5.74) is 0. The fourth-order valence-corrected chi connectivity index (χ4v) is 2.72. The Kier molecular flexibility index (Phi) is 5.38. The lowest BCUT2D eigenvalue weighted by Crippen LogP contribution is -2.43. The van der Waals surface area contributed by atoms with Gasteiger partial charge >= 0.3 is 6.18 Å². The van der Waals surface area contributed by atoms with Crippen molar-refractivity contribution in [3.05, 3.63) is 0 Å². The molecule has 0 unspecified atom stereocenters. The van der Waals surface area contributed by atoms with Crippen molar-refractivity contribution < 1.29 is 26.7 Å². The first-order valence-electron chi connectivity index (χ1n) is 5.67. The van der Waals surface area contributed by atoms with Gasteiger partial charge in [0.2, 0.25) is 0 Å². The van der Waals surface area contributed by atoms with Gasteiger partial charge in [-0.05, 0) is 31.6 Å². The summed E-state index contributed by atoms with van der Waals surface area (Å²) in [5, 5.41) is 9.25.